The number of ether oxygens (including phenoxy) is 1. The second-order valence-corrected chi connectivity index (χ2v) is 7.16. The Bertz CT molecular complexity index is 919. The monoisotopic (exact) mass is 422 g/mol. The summed E-state index contributed by atoms with van der Waals surface area (Å²) < 4.78 is 35.7. The molecule has 10 heteroatoms. The molecule has 2 aromatic heterocycles. The number of hydrogen-bond acceptors (Lipinski definition) is 8. The molecule has 0 bridgehead atoms. The van der Waals surface area contributed by atoms with Crippen LogP contribution in [0, 0.1) is 11.6 Å². The summed E-state index contributed by atoms with van der Waals surface area (Å²) in [6.45, 7) is -0.0773. The molecule has 0 aliphatic heterocycles. The number of aliphatic hydroxyl groups excluding tert-OH is 1. The Morgan fingerprint density at radius 3 is 2.71 bits per heavy atom. The highest BCUT2D eigenvalue weighted by atomic mass is 32.2. The molecule has 6 nitrogen and oxygen atoms in total. The van der Waals surface area contributed by atoms with Crippen molar-refractivity contribution in [1.29, 1.82) is 0 Å². The Kier molecular flexibility index (Phi) is 7.40. The Hall–Kier alpha value is -2.43. The van der Waals surface area contributed by atoms with Crippen LogP contribution in [-0.2, 0) is 5.75 Å². The van der Waals surface area contributed by atoms with Gasteiger partial charge in [0.1, 0.15) is 12.4 Å². The van der Waals surface area contributed by atoms with Crippen molar-refractivity contribution in [3.8, 4) is 5.88 Å². The molecule has 0 radical (unpaired) electrons. The highest BCUT2D eigenvalue weighted by Gasteiger charge is 2.11. The third kappa shape index (κ3) is 5.78. The number of pyridine rings is 1. The zero-order valence-electron chi connectivity index (χ0n) is 14.5. The average Bonchev–Trinajstić information content (AvgIpc) is 2.72. The smallest absolute Gasteiger partial charge is 0.219 e. The summed E-state index contributed by atoms with van der Waals surface area (Å²) in [7, 11) is 0. The first kappa shape index (κ1) is 20.3. The average molecular weight is 422 g/mol. The predicted octanol–water partition coefficient (Wildman–Crippen LogP) is 3.93. The number of benzene rings is 1. The van der Waals surface area contributed by atoms with E-state index in [-0.39, 0.29) is 30.4 Å². The van der Waals surface area contributed by atoms with Crippen molar-refractivity contribution in [2.45, 2.75) is 15.8 Å². The minimum Gasteiger partial charge on any atom is -0.475 e. The first-order valence-electron chi connectivity index (χ1n) is 8.17. The lowest BCUT2D eigenvalue weighted by atomic mass is 10.2. The van der Waals surface area contributed by atoms with Gasteiger partial charge in [-0.3, -0.25) is 4.98 Å². The Morgan fingerprint density at radius 1 is 1.11 bits per heavy atom. The molecule has 2 heterocycles. The second kappa shape index (κ2) is 10.2. The summed E-state index contributed by atoms with van der Waals surface area (Å²) in [6.07, 6.45) is 3.35. The van der Waals surface area contributed by atoms with E-state index in [1.807, 2.05) is 12.1 Å². The van der Waals surface area contributed by atoms with E-state index in [4.69, 9.17) is 9.84 Å². The van der Waals surface area contributed by atoms with Crippen LogP contribution >= 0.6 is 23.7 Å². The fourth-order valence-corrected chi connectivity index (χ4v) is 3.47. The number of aliphatic hydroxyl groups is 1. The van der Waals surface area contributed by atoms with E-state index in [0.29, 0.717) is 11.0 Å². The van der Waals surface area contributed by atoms with Gasteiger partial charge in [0.2, 0.25) is 5.88 Å². The van der Waals surface area contributed by atoms with Crippen LogP contribution in [0.3, 0.4) is 0 Å². The third-order valence-corrected chi connectivity index (χ3v) is 5.05. The standard InChI is InChI=1S/C18H16F2N4O2S2/c19-14-3-1-2-12(17(14)20)11-27-18-22-15(10-16(23-18)26-9-8-25)24-28-13-4-6-21-7-5-13/h1-7,10,25H,8-9,11H2,(H,22,23,24). The molecule has 1 aromatic carbocycles. The Labute approximate surface area is 168 Å². The van der Waals surface area contributed by atoms with Crippen LogP contribution in [-0.4, -0.2) is 33.3 Å². The van der Waals surface area contributed by atoms with E-state index in [1.54, 1.807) is 18.5 Å². The van der Waals surface area contributed by atoms with Crippen molar-refractivity contribution in [1.82, 2.24) is 15.0 Å². The quantitative estimate of drug-likeness (QED) is 0.305. The SMILES string of the molecule is OCCOc1cc(NSc2ccncc2)nc(SCc2cccc(F)c2F)n1. The molecule has 0 amide bonds. The van der Waals surface area contributed by atoms with Gasteiger partial charge in [0.25, 0.3) is 0 Å². The van der Waals surface area contributed by atoms with Crippen LogP contribution in [0.15, 0.2) is 58.8 Å². The van der Waals surface area contributed by atoms with Gasteiger partial charge in [0.15, 0.2) is 16.8 Å². The van der Waals surface area contributed by atoms with Gasteiger partial charge in [-0.15, -0.1) is 0 Å². The maximum Gasteiger partial charge on any atom is 0.219 e. The summed E-state index contributed by atoms with van der Waals surface area (Å²) in [5, 5.41) is 9.28. The zero-order valence-corrected chi connectivity index (χ0v) is 16.1. The van der Waals surface area contributed by atoms with E-state index < -0.39 is 11.6 Å². The van der Waals surface area contributed by atoms with E-state index in [1.165, 1.54) is 24.1 Å². The lowest BCUT2D eigenvalue weighted by molar-refractivity contribution is 0.195. The Balaban J connectivity index is 1.74. The van der Waals surface area contributed by atoms with E-state index in [9.17, 15) is 8.78 Å². The van der Waals surface area contributed by atoms with Gasteiger partial charge < -0.3 is 14.6 Å². The number of hydrogen-bond donors (Lipinski definition) is 2. The van der Waals surface area contributed by atoms with Gasteiger partial charge in [0, 0.05) is 34.7 Å². The van der Waals surface area contributed by atoms with Crippen molar-refractivity contribution in [2.24, 2.45) is 0 Å². The molecular formula is C18H16F2N4O2S2. The maximum atomic E-state index is 13.8. The number of thioether (sulfide) groups is 1. The molecule has 2 N–H and O–H groups in total. The lowest BCUT2D eigenvalue weighted by Gasteiger charge is -2.10. The first-order valence-corrected chi connectivity index (χ1v) is 9.97. The van der Waals surface area contributed by atoms with Crippen molar-refractivity contribution < 1.29 is 18.6 Å². The highest BCUT2D eigenvalue weighted by Crippen LogP contribution is 2.27. The summed E-state index contributed by atoms with van der Waals surface area (Å²) in [5.74, 6) is -0.871. The number of anilines is 1. The summed E-state index contributed by atoms with van der Waals surface area (Å²) in [6, 6.07) is 9.30. The van der Waals surface area contributed by atoms with Gasteiger partial charge in [-0.1, -0.05) is 23.9 Å². The fraction of sp³-hybridized carbons (Fsp3) is 0.167. The van der Waals surface area contributed by atoms with E-state index >= 15 is 0 Å². The van der Waals surface area contributed by atoms with Gasteiger partial charge in [-0.2, -0.15) is 4.98 Å². The summed E-state index contributed by atoms with van der Waals surface area (Å²) in [4.78, 5) is 13.5. The minimum absolute atomic E-state index is 0.0799. The molecule has 3 rings (SSSR count). The maximum absolute atomic E-state index is 13.8. The lowest BCUT2D eigenvalue weighted by Crippen LogP contribution is -2.05. The van der Waals surface area contributed by atoms with Gasteiger partial charge in [-0.05, 0) is 30.1 Å². The van der Waals surface area contributed by atoms with E-state index in [0.717, 1.165) is 22.7 Å². The molecule has 0 fully saturated rings. The molecule has 28 heavy (non-hydrogen) atoms. The normalized spacial score (nSPS) is 10.7. The van der Waals surface area contributed by atoms with Crippen molar-refractivity contribution in [2.75, 3.05) is 17.9 Å². The van der Waals surface area contributed by atoms with Crippen molar-refractivity contribution >= 4 is 29.5 Å². The van der Waals surface area contributed by atoms with Crippen LogP contribution in [0.4, 0.5) is 14.6 Å². The number of rotatable bonds is 9. The molecule has 146 valence electrons. The summed E-state index contributed by atoms with van der Waals surface area (Å²) >= 11 is 2.48. The fourth-order valence-electron chi connectivity index (χ4n) is 2.06. The molecule has 0 saturated carbocycles. The van der Waals surface area contributed by atoms with Crippen LogP contribution in [0.5, 0.6) is 5.88 Å². The Morgan fingerprint density at radius 2 is 1.93 bits per heavy atom. The molecule has 0 spiro atoms. The minimum atomic E-state index is -0.893. The van der Waals surface area contributed by atoms with Crippen LogP contribution in [0.25, 0.3) is 0 Å². The molecule has 0 aliphatic rings. The number of nitrogens with zero attached hydrogens (tertiary/aromatic N) is 3. The highest BCUT2D eigenvalue weighted by molar-refractivity contribution is 8.00. The number of nitrogens with one attached hydrogen (secondary N) is 1. The van der Waals surface area contributed by atoms with Crippen LogP contribution in [0.1, 0.15) is 5.56 Å². The molecule has 0 aliphatic carbocycles. The zero-order chi connectivity index (χ0) is 19.8. The third-order valence-electron chi connectivity index (χ3n) is 3.33. The number of aromatic nitrogens is 3. The van der Waals surface area contributed by atoms with Crippen LogP contribution in [0.2, 0.25) is 0 Å². The molecule has 0 unspecified atom stereocenters. The van der Waals surface area contributed by atoms with Gasteiger partial charge in [0.05, 0.1) is 6.61 Å². The van der Waals surface area contributed by atoms with Gasteiger partial charge in [-0.25, -0.2) is 13.8 Å². The number of halogens is 2. The largest absolute Gasteiger partial charge is 0.475 e. The first-order chi connectivity index (χ1) is 13.7. The summed E-state index contributed by atoms with van der Waals surface area (Å²) in [5.41, 5.74) is 0.218. The topological polar surface area (TPSA) is 80.2 Å². The molecule has 0 saturated heterocycles. The van der Waals surface area contributed by atoms with Gasteiger partial charge >= 0.3 is 0 Å². The predicted molar refractivity (Wildman–Crippen MR) is 104 cm³/mol. The molecule has 3 aromatic rings. The van der Waals surface area contributed by atoms with Crippen molar-refractivity contribution in [3.05, 3.63) is 66.0 Å². The van der Waals surface area contributed by atoms with Crippen molar-refractivity contribution in [3.63, 3.8) is 0 Å². The van der Waals surface area contributed by atoms with E-state index in [2.05, 4.69) is 19.7 Å². The second-order valence-electron chi connectivity index (χ2n) is 5.33. The van der Waals surface area contributed by atoms with Crippen LogP contribution < -0.4 is 9.46 Å². The molecular weight excluding hydrogens is 406 g/mol. The molecule has 0 atom stereocenters.